The predicted molar refractivity (Wildman–Crippen MR) is 71.9 cm³/mol. The van der Waals surface area contributed by atoms with Crippen LogP contribution in [0, 0.1) is 0 Å². The molecule has 3 rings (SSSR count). The molecule has 1 aromatic carbocycles. The molecule has 1 aromatic heterocycles. The van der Waals surface area contributed by atoms with Gasteiger partial charge in [-0.1, -0.05) is 11.6 Å². The average molecular weight is 278 g/mol. The second-order valence-electron chi connectivity index (χ2n) is 4.33. The van der Waals surface area contributed by atoms with E-state index in [4.69, 9.17) is 22.1 Å². The maximum Gasteiger partial charge on any atom is 0.161 e. The van der Waals surface area contributed by atoms with Crippen LogP contribution >= 0.6 is 11.6 Å². The Morgan fingerprint density at radius 1 is 1.32 bits per heavy atom. The first-order valence-corrected chi connectivity index (χ1v) is 6.25. The van der Waals surface area contributed by atoms with E-state index in [-0.39, 0.29) is 10.8 Å². The Labute approximate surface area is 115 Å². The van der Waals surface area contributed by atoms with Crippen molar-refractivity contribution in [1.29, 1.82) is 0 Å². The van der Waals surface area contributed by atoms with E-state index >= 15 is 0 Å². The number of halogens is 1. The van der Waals surface area contributed by atoms with Crippen LogP contribution in [0.15, 0.2) is 18.2 Å². The third-order valence-electron chi connectivity index (χ3n) is 3.06. The largest absolute Gasteiger partial charge is 0.506 e. The number of rotatable bonds is 1. The Morgan fingerprint density at radius 2 is 2.16 bits per heavy atom. The first-order chi connectivity index (χ1) is 9.15. The van der Waals surface area contributed by atoms with Crippen molar-refractivity contribution < 1.29 is 9.84 Å². The van der Waals surface area contributed by atoms with Gasteiger partial charge in [0.05, 0.1) is 23.9 Å². The van der Waals surface area contributed by atoms with Crippen LogP contribution in [0.2, 0.25) is 5.02 Å². The molecule has 1 aliphatic heterocycles. The molecule has 98 valence electrons. The van der Waals surface area contributed by atoms with Crippen LogP contribution in [0.5, 0.6) is 5.75 Å². The van der Waals surface area contributed by atoms with E-state index in [1.54, 1.807) is 12.1 Å². The minimum absolute atomic E-state index is 0.0322. The third-order valence-corrected chi connectivity index (χ3v) is 3.36. The molecule has 0 unspecified atom stereocenters. The second-order valence-corrected chi connectivity index (χ2v) is 4.73. The summed E-state index contributed by atoms with van der Waals surface area (Å²) in [5, 5.41) is 9.69. The minimum atomic E-state index is 0.0322. The van der Waals surface area contributed by atoms with Crippen LogP contribution in [0.4, 0.5) is 5.82 Å². The average Bonchev–Trinajstić information content (AvgIpc) is 2.42. The Morgan fingerprint density at radius 3 is 2.95 bits per heavy atom. The van der Waals surface area contributed by atoms with Gasteiger partial charge >= 0.3 is 0 Å². The molecule has 6 heteroatoms. The van der Waals surface area contributed by atoms with E-state index in [0.717, 1.165) is 23.2 Å². The van der Waals surface area contributed by atoms with Crippen molar-refractivity contribution in [3.05, 3.63) is 34.5 Å². The summed E-state index contributed by atoms with van der Waals surface area (Å²) in [6, 6.07) is 4.85. The minimum Gasteiger partial charge on any atom is -0.506 e. The number of nitrogens with two attached hydrogens (primary N) is 1. The fourth-order valence-corrected chi connectivity index (χ4v) is 2.21. The number of phenols is 1. The highest BCUT2D eigenvalue weighted by atomic mass is 35.5. The van der Waals surface area contributed by atoms with Crippen molar-refractivity contribution in [2.45, 2.75) is 13.0 Å². The predicted octanol–water partition coefficient (Wildman–Crippen LogP) is 2.16. The molecule has 3 N–H and O–H groups in total. The van der Waals surface area contributed by atoms with Gasteiger partial charge in [0, 0.05) is 17.5 Å². The van der Waals surface area contributed by atoms with Crippen molar-refractivity contribution >= 4 is 17.4 Å². The second kappa shape index (κ2) is 4.68. The van der Waals surface area contributed by atoms with Gasteiger partial charge in [-0.05, 0) is 18.2 Å². The van der Waals surface area contributed by atoms with E-state index in [9.17, 15) is 5.11 Å². The summed E-state index contributed by atoms with van der Waals surface area (Å²) in [4.78, 5) is 8.78. The highest BCUT2D eigenvalue weighted by molar-refractivity contribution is 6.32. The fourth-order valence-electron chi connectivity index (χ4n) is 2.03. The molecule has 0 radical (unpaired) electrons. The van der Waals surface area contributed by atoms with Gasteiger partial charge in [-0.15, -0.1) is 0 Å². The molecule has 0 atom stereocenters. The normalized spacial score (nSPS) is 14.2. The molecule has 0 fully saturated rings. The van der Waals surface area contributed by atoms with E-state index in [1.807, 2.05) is 0 Å². The van der Waals surface area contributed by atoms with Gasteiger partial charge in [-0.3, -0.25) is 0 Å². The van der Waals surface area contributed by atoms with Gasteiger partial charge in [0.25, 0.3) is 0 Å². The Balaban J connectivity index is 2.10. The summed E-state index contributed by atoms with van der Waals surface area (Å²) < 4.78 is 5.34. The standard InChI is InChI=1S/C13H12ClN3O2/c14-9-5-7(1-2-11(9)18)13-16-10-3-4-19-6-8(10)12(15)17-13/h1-2,5,18H,3-4,6H2,(H2,15,16,17). The molecular weight excluding hydrogens is 266 g/mol. The number of nitrogen functional groups attached to an aromatic ring is 1. The molecule has 2 aromatic rings. The smallest absolute Gasteiger partial charge is 0.161 e. The summed E-state index contributed by atoms with van der Waals surface area (Å²) in [6.45, 7) is 1.09. The lowest BCUT2D eigenvalue weighted by Crippen LogP contribution is -2.16. The quantitative estimate of drug-likeness (QED) is 0.835. The van der Waals surface area contributed by atoms with Crippen LogP contribution in [-0.2, 0) is 17.8 Å². The van der Waals surface area contributed by atoms with Crippen LogP contribution in [0.1, 0.15) is 11.3 Å². The lowest BCUT2D eigenvalue weighted by molar-refractivity contribution is 0.109. The molecule has 0 amide bonds. The molecular formula is C13H12ClN3O2. The maximum absolute atomic E-state index is 9.42. The van der Waals surface area contributed by atoms with Gasteiger partial charge in [0.1, 0.15) is 11.6 Å². The number of hydrogen-bond acceptors (Lipinski definition) is 5. The summed E-state index contributed by atoms with van der Waals surface area (Å²) in [5.74, 6) is 0.980. The fraction of sp³-hybridized carbons (Fsp3) is 0.231. The number of nitrogens with zero attached hydrogens (tertiary/aromatic N) is 2. The zero-order valence-corrected chi connectivity index (χ0v) is 10.8. The molecule has 0 aliphatic carbocycles. The molecule has 1 aliphatic rings. The molecule has 5 nitrogen and oxygen atoms in total. The summed E-state index contributed by atoms with van der Waals surface area (Å²) in [6.07, 6.45) is 0.723. The lowest BCUT2D eigenvalue weighted by Gasteiger charge is -2.17. The molecule has 2 heterocycles. The SMILES string of the molecule is Nc1nc(-c2ccc(O)c(Cl)c2)nc2c1COCC2. The lowest BCUT2D eigenvalue weighted by atomic mass is 10.1. The number of phenolic OH excluding ortho intramolecular Hbond substituents is 1. The third kappa shape index (κ3) is 2.22. The van der Waals surface area contributed by atoms with Crippen molar-refractivity contribution in [3.63, 3.8) is 0 Å². The van der Waals surface area contributed by atoms with Gasteiger partial charge in [-0.25, -0.2) is 9.97 Å². The Bertz CT molecular complexity index is 646. The summed E-state index contributed by atoms with van der Waals surface area (Å²) in [5.41, 5.74) is 8.44. The molecule has 0 spiro atoms. The van der Waals surface area contributed by atoms with E-state index in [0.29, 0.717) is 24.9 Å². The number of ether oxygens (including phenoxy) is 1. The van der Waals surface area contributed by atoms with Gasteiger partial charge in [0.2, 0.25) is 0 Å². The summed E-state index contributed by atoms with van der Waals surface area (Å²) in [7, 11) is 0. The van der Waals surface area contributed by atoms with E-state index < -0.39 is 0 Å². The van der Waals surface area contributed by atoms with E-state index in [2.05, 4.69) is 9.97 Å². The topological polar surface area (TPSA) is 81.3 Å². The number of hydrogen-bond donors (Lipinski definition) is 2. The van der Waals surface area contributed by atoms with Crippen molar-refractivity contribution in [3.8, 4) is 17.1 Å². The van der Waals surface area contributed by atoms with Crippen molar-refractivity contribution in [1.82, 2.24) is 9.97 Å². The van der Waals surface area contributed by atoms with Crippen LogP contribution in [0.3, 0.4) is 0 Å². The monoisotopic (exact) mass is 277 g/mol. The van der Waals surface area contributed by atoms with Crippen molar-refractivity contribution in [2.75, 3.05) is 12.3 Å². The van der Waals surface area contributed by atoms with Crippen LogP contribution in [0.25, 0.3) is 11.4 Å². The Hall–Kier alpha value is -1.85. The van der Waals surface area contributed by atoms with Gasteiger partial charge in [0.15, 0.2) is 5.82 Å². The summed E-state index contributed by atoms with van der Waals surface area (Å²) >= 11 is 5.89. The molecule has 0 saturated heterocycles. The van der Waals surface area contributed by atoms with Crippen molar-refractivity contribution in [2.24, 2.45) is 0 Å². The maximum atomic E-state index is 9.42. The van der Waals surface area contributed by atoms with Crippen LogP contribution < -0.4 is 5.73 Å². The highest BCUT2D eigenvalue weighted by Gasteiger charge is 2.17. The van der Waals surface area contributed by atoms with Crippen LogP contribution in [-0.4, -0.2) is 21.7 Å². The number of benzene rings is 1. The number of aromatic nitrogens is 2. The number of fused-ring (bicyclic) bond motifs is 1. The van der Waals surface area contributed by atoms with Gasteiger partial charge < -0.3 is 15.6 Å². The molecule has 19 heavy (non-hydrogen) atoms. The van der Waals surface area contributed by atoms with E-state index in [1.165, 1.54) is 6.07 Å². The number of anilines is 1. The first-order valence-electron chi connectivity index (χ1n) is 5.87. The number of aromatic hydroxyl groups is 1. The first kappa shape index (κ1) is 12.2. The van der Waals surface area contributed by atoms with Gasteiger partial charge in [-0.2, -0.15) is 0 Å². The Kier molecular flexibility index (Phi) is 3.00. The molecule has 0 bridgehead atoms. The zero-order chi connectivity index (χ0) is 13.4. The molecule has 0 saturated carbocycles. The zero-order valence-electron chi connectivity index (χ0n) is 10.1. The highest BCUT2D eigenvalue weighted by Crippen LogP contribution is 2.29.